The van der Waals surface area contributed by atoms with Crippen LogP contribution >= 0.6 is 0 Å². The van der Waals surface area contributed by atoms with Crippen LogP contribution in [0.1, 0.15) is 12.5 Å². The van der Waals surface area contributed by atoms with E-state index in [9.17, 15) is 8.42 Å². The van der Waals surface area contributed by atoms with Crippen LogP contribution in [0.3, 0.4) is 0 Å². The van der Waals surface area contributed by atoms with Gasteiger partial charge in [-0.1, -0.05) is 6.92 Å². The number of rotatable bonds is 1. The molecule has 1 aliphatic heterocycles. The summed E-state index contributed by atoms with van der Waals surface area (Å²) in [7, 11) is -3.26. The monoisotopic (exact) mass is 251 g/mol. The van der Waals surface area contributed by atoms with Crippen molar-refractivity contribution in [3.05, 3.63) is 23.8 Å². The van der Waals surface area contributed by atoms with Gasteiger partial charge in [0.2, 0.25) is 10.0 Å². The minimum absolute atomic E-state index is 0.0926. The fourth-order valence-electron chi connectivity index (χ4n) is 2.00. The van der Waals surface area contributed by atoms with Crippen LogP contribution in [0.15, 0.2) is 18.2 Å². The number of benzene rings is 1. The Bertz CT molecular complexity index is 589. The molecule has 0 spiro atoms. The SMILES string of the molecule is CC1CN(c2ccc(C#N)cc2N)S(=O)(=O)C1. The lowest BCUT2D eigenvalue weighted by Gasteiger charge is -2.19. The van der Waals surface area contributed by atoms with Crippen molar-refractivity contribution in [1.82, 2.24) is 0 Å². The van der Waals surface area contributed by atoms with E-state index in [0.717, 1.165) is 0 Å². The number of hydrogen-bond donors (Lipinski definition) is 1. The molecule has 0 radical (unpaired) electrons. The smallest absolute Gasteiger partial charge is 0.235 e. The summed E-state index contributed by atoms with van der Waals surface area (Å²) in [6.07, 6.45) is 0. The Balaban J connectivity index is 2.46. The molecule has 1 heterocycles. The molecule has 1 saturated heterocycles. The second kappa shape index (κ2) is 3.93. The minimum atomic E-state index is -3.26. The summed E-state index contributed by atoms with van der Waals surface area (Å²) in [5.41, 5.74) is 7.00. The molecule has 1 aliphatic rings. The van der Waals surface area contributed by atoms with E-state index in [1.807, 2.05) is 13.0 Å². The maximum Gasteiger partial charge on any atom is 0.235 e. The van der Waals surface area contributed by atoms with Gasteiger partial charge in [0.05, 0.1) is 28.8 Å². The first-order valence-electron chi connectivity index (χ1n) is 5.24. The minimum Gasteiger partial charge on any atom is -0.397 e. The Kier molecular flexibility index (Phi) is 2.71. The summed E-state index contributed by atoms with van der Waals surface area (Å²) in [5, 5.41) is 8.73. The molecule has 0 bridgehead atoms. The molecule has 2 rings (SSSR count). The lowest BCUT2D eigenvalue weighted by molar-refractivity contribution is 0.598. The summed E-state index contributed by atoms with van der Waals surface area (Å²) in [6, 6.07) is 6.62. The van der Waals surface area contributed by atoms with E-state index in [4.69, 9.17) is 11.0 Å². The summed E-state index contributed by atoms with van der Waals surface area (Å²) in [4.78, 5) is 0. The summed E-state index contributed by atoms with van der Waals surface area (Å²) in [6.45, 7) is 2.33. The van der Waals surface area contributed by atoms with E-state index >= 15 is 0 Å². The fraction of sp³-hybridized carbons (Fsp3) is 0.364. The van der Waals surface area contributed by atoms with Gasteiger partial charge in [0, 0.05) is 6.54 Å². The zero-order valence-corrected chi connectivity index (χ0v) is 10.2. The molecule has 1 unspecified atom stereocenters. The average molecular weight is 251 g/mol. The van der Waals surface area contributed by atoms with E-state index in [0.29, 0.717) is 23.5 Å². The first-order chi connectivity index (χ1) is 7.94. The largest absolute Gasteiger partial charge is 0.397 e. The second-order valence-electron chi connectivity index (χ2n) is 4.30. The van der Waals surface area contributed by atoms with Gasteiger partial charge in [-0.05, 0) is 24.1 Å². The maximum absolute atomic E-state index is 11.9. The summed E-state index contributed by atoms with van der Waals surface area (Å²) < 4.78 is 25.1. The van der Waals surface area contributed by atoms with Crippen molar-refractivity contribution in [3.8, 4) is 6.07 Å². The van der Waals surface area contributed by atoms with Crippen molar-refractivity contribution in [2.24, 2.45) is 5.92 Å². The van der Waals surface area contributed by atoms with Crippen molar-refractivity contribution in [2.45, 2.75) is 6.92 Å². The molecule has 2 N–H and O–H groups in total. The zero-order chi connectivity index (χ0) is 12.6. The van der Waals surface area contributed by atoms with Gasteiger partial charge in [0.15, 0.2) is 0 Å². The predicted molar refractivity (Wildman–Crippen MR) is 65.9 cm³/mol. The Morgan fingerprint density at radius 1 is 1.53 bits per heavy atom. The molecule has 90 valence electrons. The molecule has 5 nitrogen and oxygen atoms in total. The Morgan fingerprint density at radius 2 is 2.24 bits per heavy atom. The van der Waals surface area contributed by atoms with Crippen LogP contribution in [-0.2, 0) is 10.0 Å². The highest BCUT2D eigenvalue weighted by Crippen LogP contribution is 2.31. The number of nitriles is 1. The lowest BCUT2D eigenvalue weighted by Crippen LogP contribution is -2.26. The number of hydrogen-bond acceptors (Lipinski definition) is 4. The topological polar surface area (TPSA) is 87.2 Å². The predicted octanol–water partition coefficient (Wildman–Crippen LogP) is 0.926. The third-order valence-corrected chi connectivity index (χ3v) is 4.74. The van der Waals surface area contributed by atoms with E-state index in [2.05, 4.69) is 0 Å². The Morgan fingerprint density at radius 3 is 2.71 bits per heavy atom. The van der Waals surface area contributed by atoms with Gasteiger partial charge in [-0.25, -0.2) is 8.42 Å². The lowest BCUT2D eigenvalue weighted by atomic mass is 10.1. The summed E-state index contributed by atoms with van der Waals surface area (Å²) in [5.74, 6) is 0.238. The number of sulfonamides is 1. The fourth-order valence-corrected chi connectivity index (χ4v) is 3.95. The van der Waals surface area contributed by atoms with E-state index in [1.54, 1.807) is 12.1 Å². The van der Waals surface area contributed by atoms with Crippen molar-refractivity contribution in [2.75, 3.05) is 22.3 Å². The average Bonchev–Trinajstić information content (AvgIpc) is 2.51. The van der Waals surface area contributed by atoms with Crippen LogP contribution in [-0.4, -0.2) is 20.7 Å². The van der Waals surface area contributed by atoms with Gasteiger partial charge in [0.1, 0.15) is 0 Å². The maximum atomic E-state index is 11.9. The van der Waals surface area contributed by atoms with Crippen LogP contribution < -0.4 is 10.0 Å². The van der Waals surface area contributed by atoms with Crippen molar-refractivity contribution in [1.29, 1.82) is 5.26 Å². The van der Waals surface area contributed by atoms with Crippen LogP contribution in [0.5, 0.6) is 0 Å². The number of nitrogen functional groups attached to an aromatic ring is 1. The molecule has 0 aliphatic carbocycles. The Labute approximate surface area is 101 Å². The molecule has 1 atom stereocenters. The van der Waals surface area contributed by atoms with Crippen LogP contribution in [0.4, 0.5) is 11.4 Å². The molecule has 1 aromatic carbocycles. The first-order valence-corrected chi connectivity index (χ1v) is 6.85. The number of nitrogens with zero attached hydrogens (tertiary/aromatic N) is 2. The van der Waals surface area contributed by atoms with E-state index < -0.39 is 10.0 Å². The highest BCUT2D eigenvalue weighted by atomic mass is 32.2. The van der Waals surface area contributed by atoms with Crippen LogP contribution in [0.25, 0.3) is 0 Å². The normalized spacial score (nSPS) is 22.4. The first kappa shape index (κ1) is 11.7. The molecular formula is C11H13N3O2S. The van der Waals surface area contributed by atoms with Gasteiger partial charge in [-0.15, -0.1) is 0 Å². The van der Waals surface area contributed by atoms with Crippen molar-refractivity contribution in [3.63, 3.8) is 0 Å². The molecule has 17 heavy (non-hydrogen) atoms. The molecule has 6 heteroatoms. The quantitative estimate of drug-likeness (QED) is 0.752. The number of nitrogens with two attached hydrogens (primary N) is 1. The van der Waals surface area contributed by atoms with Gasteiger partial charge in [0.25, 0.3) is 0 Å². The van der Waals surface area contributed by atoms with Gasteiger partial charge in [-0.3, -0.25) is 4.31 Å². The molecule has 0 amide bonds. The standard InChI is InChI=1S/C11H13N3O2S/c1-8-6-14(17(15,16)7-8)11-3-2-9(5-12)4-10(11)13/h2-4,8H,6-7,13H2,1H3. The van der Waals surface area contributed by atoms with Crippen molar-refractivity contribution < 1.29 is 8.42 Å². The van der Waals surface area contributed by atoms with Gasteiger partial charge < -0.3 is 5.73 Å². The number of anilines is 2. The molecule has 0 aromatic heterocycles. The zero-order valence-electron chi connectivity index (χ0n) is 9.42. The Hall–Kier alpha value is -1.74. The molecule has 0 saturated carbocycles. The molecule has 1 fully saturated rings. The summed E-state index contributed by atoms with van der Waals surface area (Å²) >= 11 is 0. The highest BCUT2D eigenvalue weighted by molar-refractivity contribution is 7.93. The second-order valence-corrected chi connectivity index (χ2v) is 6.24. The van der Waals surface area contributed by atoms with Crippen LogP contribution in [0, 0.1) is 17.2 Å². The van der Waals surface area contributed by atoms with Gasteiger partial charge >= 0.3 is 0 Å². The highest BCUT2D eigenvalue weighted by Gasteiger charge is 2.34. The van der Waals surface area contributed by atoms with Gasteiger partial charge in [-0.2, -0.15) is 5.26 Å². The van der Waals surface area contributed by atoms with Crippen molar-refractivity contribution >= 4 is 21.4 Å². The molecule has 1 aromatic rings. The molecular weight excluding hydrogens is 238 g/mol. The third kappa shape index (κ3) is 2.06. The van der Waals surface area contributed by atoms with Crippen LogP contribution in [0.2, 0.25) is 0 Å². The van der Waals surface area contributed by atoms with E-state index in [-0.39, 0.29) is 11.7 Å². The third-order valence-electron chi connectivity index (χ3n) is 2.73. The van der Waals surface area contributed by atoms with E-state index in [1.165, 1.54) is 10.4 Å².